The molecule has 1 aromatic heterocycles. The van der Waals surface area contributed by atoms with E-state index >= 15 is 0 Å². The molecule has 1 amide bonds. The maximum Gasteiger partial charge on any atom is 0.229 e. The van der Waals surface area contributed by atoms with Crippen molar-refractivity contribution in [2.75, 3.05) is 5.32 Å². The minimum absolute atomic E-state index is 0.0830. The van der Waals surface area contributed by atoms with E-state index in [0.717, 1.165) is 0 Å². The van der Waals surface area contributed by atoms with Crippen LogP contribution in [0.3, 0.4) is 0 Å². The first-order valence-electron chi connectivity index (χ1n) is 6.01. The first-order chi connectivity index (χ1) is 9.65. The molecule has 0 spiro atoms. The van der Waals surface area contributed by atoms with Gasteiger partial charge in [-0.1, -0.05) is 11.6 Å². The third-order valence-corrected chi connectivity index (χ3v) is 2.81. The van der Waals surface area contributed by atoms with Gasteiger partial charge in [0, 0.05) is 35.8 Å². The molecule has 0 aliphatic heterocycles. The van der Waals surface area contributed by atoms with E-state index in [2.05, 4.69) is 15.3 Å². The molecule has 6 heteroatoms. The van der Waals surface area contributed by atoms with Gasteiger partial charge in [-0.15, -0.1) is 0 Å². The van der Waals surface area contributed by atoms with Crippen LogP contribution in [0.1, 0.15) is 23.2 Å². The number of amides is 1. The summed E-state index contributed by atoms with van der Waals surface area (Å²) in [5.41, 5.74) is 0.540. The molecule has 0 unspecified atom stereocenters. The number of carbonyl (C=O) groups excluding carboxylic acids is 2. The minimum atomic E-state index is -0.293. The highest BCUT2D eigenvalue weighted by molar-refractivity contribution is 6.30. The third-order valence-electron chi connectivity index (χ3n) is 2.56. The lowest BCUT2D eigenvalue weighted by molar-refractivity contribution is -0.116. The molecular weight excluding hydrogens is 278 g/mol. The third kappa shape index (κ3) is 4.13. The number of ketones is 1. The lowest BCUT2D eigenvalue weighted by Crippen LogP contribution is -2.15. The molecule has 0 bridgehead atoms. The van der Waals surface area contributed by atoms with Crippen LogP contribution in [0.15, 0.2) is 42.7 Å². The lowest BCUT2D eigenvalue weighted by Gasteiger charge is -2.03. The fourth-order valence-electron chi connectivity index (χ4n) is 1.56. The summed E-state index contributed by atoms with van der Waals surface area (Å²) in [4.78, 5) is 31.2. The molecule has 0 saturated heterocycles. The minimum Gasteiger partial charge on any atom is -0.295 e. The van der Waals surface area contributed by atoms with Crippen LogP contribution in [0.4, 0.5) is 5.95 Å². The van der Waals surface area contributed by atoms with E-state index in [4.69, 9.17) is 11.6 Å². The second-order valence-corrected chi connectivity index (χ2v) is 4.49. The molecule has 2 rings (SSSR count). The SMILES string of the molecule is O=C(CCC(=O)c1ccc(Cl)cc1)Nc1ncccn1. The Hall–Kier alpha value is -2.27. The number of halogens is 1. The van der Waals surface area contributed by atoms with E-state index in [-0.39, 0.29) is 30.5 Å². The normalized spacial score (nSPS) is 10.1. The van der Waals surface area contributed by atoms with Crippen LogP contribution in [-0.4, -0.2) is 21.7 Å². The second-order valence-electron chi connectivity index (χ2n) is 4.05. The average molecular weight is 290 g/mol. The zero-order valence-corrected chi connectivity index (χ0v) is 11.3. The van der Waals surface area contributed by atoms with E-state index in [0.29, 0.717) is 10.6 Å². The number of hydrogen-bond donors (Lipinski definition) is 1. The summed E-state index contributed by atoms with van der Waals surface area (Å²) >= 11 is 5.74. The van der Waals surface area contributed by atoms with Crippen molar-refractivity contribution in [1.82, 2.24) is 9.97 Å². The van der Waals surface area contributed by atoms with Gasteiger partial charge in [0.1, 0.15) is 0 Å². The molecule has 5 nitrogen and oxygen atoms in total. The van der Waals surface area contributed by atoms with Gasteiger partial charge in [0.25, 0.3) is 0 Å². The summed E-state index contributed by atoms with van der Waals surface area (Å²) in [5.74, 6) is -0.166. The predicted molar refractivity (Wildman–Crippen MR) is 75.7 cm³/mol. The summed E-state index contributed by atoms with van der Waals surface area (Å²) < 4.78 is 0. The van der Waals surface area contributed by atoms with Crippen molar-refractivity contribution < 1.29 is 9.59 Å². The average Bonchev–Trinajstić information content (AvgIpc) is 2.46. The van der Waals surface area contributed by atoms with Crippen molar-refractivity contribution in [3.05, 3.63) is 53.3 Å². The smallest absolute Gasteiger partial charge is 0.229 e. The molecule has 2 aromatic rings. The van der Waals surface area contributed by atoms with Crippen molar-refractivity contribution in [3.63, 3.8) is 0 Å². The number of aromatic nitrogens is 2. The van der Waals surface area contributed by atoms with Crippen LogP contribution in [0.5, 0.6) is 0 Å². The summed E-state index contributed by atoms with van der Waals surface area (Å²) in [7, 11) is 0. The molecule has 0 fully saturated rings. The Labute approximate surface area is 121 Å². The van der Waals surface area contributed by atoms with Crippen molar-refractivity contribution >= 4 is 29.2 Å². The van der Waals surface area contributed by atoms with E-state index in [1.165, 1.54) is 12.4 Å². The standard InChI is InChI=1S/C14H12ClN3O2/c15-11-4-2-10(3-5-11)12(19)6-7-13(20)18-14-16-8-1-9-17-14/h1-5,8-9H,6-7H2,(H,16,17,18,20). The van der Waals surface area contributed by atoms with Crippen molar-refractivity contribution in [3.8, 4) is 0 Å². The van der Waals surface area contributed by atoms with Crippen LogP contribution >= 0.6 is 11.6 Å². The molecule has 102 valence electrons. The van der Waals surface area contributed by atoms with E-state index in [1.54, 1.807) is 30.3 Å². The van der Waals surface area contributed by atoms with Gasteiger partial charge in [0.2, 0.25) is 11.9 Å². The van der Waals surface area contributed by atoms with Crippen molar-refractivity contribution in [2.24, 2.45) is 0 Å². The number of rotatable bonds is 5. The Morgan fingerprint density at radius 3 is 2.35 bits per heavy atom. The fourth-order valence-corrected chi connectivity index (χ4v) is 1.68. The topological polar surface area (TPSA) is 72.0 Å². The number of nitrogens with one attached hydrogen (secondary N) is 1. The van der Waals surface area contributed by atoms with Gasteiger partial charge < -0.3 is 0 Å². The van der Waals surface area contributed by atoms with Crippen LogP contribution < -0.4 is 5.32 Å². The molecule has 1 N–H and O–H groups in total. The van der Waals surface area contributed by atoms with Gasteiger partial charge in [-0.3, -0.25) is 14.9 Å². The highest BCUT2D eigenvalue weighted by Crippen LogP contribution is 2.12. The van der Waals surface area contributed by atoms with E-state index in [9.17, 15) is 9.59 Å². The number of carbonyl (C=O) groups is 2. The maximum atomic E-state index is 11.9. The molecule has 1 aromatic carbocycles. The zero-order valence-electron chi connectivity index (χ0n) is 10.5. The zero-order chi connectivity index (χ0) is 14.4. The van der Waals surface area contributed by atoms with Gasteiger partial charge >= 0.3 is 0 Å². The Balaban J connectivity index is 1.84. The summed E-state index contributed by atoms with van der Waals surface area (Å²) in [6.45, 7) is 0. The Bertz CT molecular complexity index is 600. The van der Waals surface area contributed by atoms with Gasteiger partial charge in [0.05, 0.1) is 0 Å². The molecule has 20 heavy (non-hydrogen) atoms. The van der Waals surface area contributed by atoms with Crippen LogP contribution in [-0.2, 0) is 4.79 Å². The van der Waals surface area contributed by atoms with Gasteiger partial charge in [-0.2, -0.15) is 0 Å². The number of hydrogen-bond acceptors (Lipinski definition) is 4. The Kier molecular flexibility index (Phi) is 4.79. The Morgan fingerprint density at radius 1 is 1.05 bits per heavy atom. The monoisotopic (exact) mass is 289 g/mol. The lowest BCUT2D eigenvalue weighted by atomic mass is 10.1. The summed E-state index contributed by atoms with van der Waals surface area (Å²) in [6, 6.07) is 8.23. The predicted octanol–water partition coefficient (Wildman–Crippen LogP) is 2.73. The van der Waals surface area contributed by atoms with Gasteiger partial charge in [0.15, 0.2) is 5.78 Å². The summed E-state index contributed by atoms with van der Waals surface area (Å²) in [6.07, 6.45) is 3.27. The molecule has 0 aliphatic rings. The van der Waals surface area contributed by atoms with Crippen LogP contribution in [0, 0.1) is 0 Å². The molecule has 0 radical (unpaired) electrons. The summed E-state index contributed by atoms with van der Waals surface area (Å²) in [5, 5.41) is 3.09. The first-order valence-corrected chi connectivity index (χ1v) is 6.38. The molecule has 0 atom stereocenters. The van der Waals surface area contributed by atoms with Crippen molar-refractivity contribution in [1.29, 1.82) is 0 Å². The second kappa shape index (κ2) is 6.77. The van der Waals surface area contributed by atoms with E-state index < -0.39 is 0 Å². The van der Waals surface area contributed by atoms with Crippen LogP contribution in [0.2, 0.25) is 5.02 Å². The molecule has 0 saturated carbocycles. The van der Waals surface area contributed by atoms with Gasteiger partial charge in [-0.05, 0) is 30.3 Å². The quantitative estimate of drug-likeness (QED) is 0.859. The van der Waals surface area contributed by atoms with Crippen molar-refractivity contribution in [2.45, 2.75) is 12.8 Å². The number of nitrogens with zero attached hydrogens (tertiary/aromatic N) is 2. The maximum absolute atomic E-state index is 11.9. The highest BCUT2D eigenvalue weighted by Gasteiger charge is 2.10. The molecule has 0 aliphatic carbocycles. The largest absolute Gasteiger partial charge is 0.295 e. The Morgan fingerprint density at radius 2 is 1.70 bits per heavy atom. The number of benzene rings is 1. The van der Waals surface area contributed by atoms with E-state index in [1.807, 2.05) is 0 Å². The fraction of sp³-hybridized carbons (Fsp3) is 0.143. The van der Waals surface area contributed by atoms with Crippen LogP contribution in [0.25, 0.3) is 0 Å². The molecular formula is C14H12ClN3O2. The number of anilines is 1. The molecule has 1 heterocycles. The highest BCUT2D eigenvalue weighted by atomic mass is 35.5. The van der Waals surface area contributed by atoms with Gasteiger partial charge in [-0.25, -0.2) is 9.97 Å². The number of Topliss-reactive ketones (excluding diaryl/α,β-unsaturated/α-hetero) is 1. The first kappa shape index (κ1) is 14.1.